The normalized spacial score (nSPS) is 16.6. The van der Waals surface area contributed by atoms with E-state index in [4.69, 9.17) is 4.74 Å². The number of carbonyl (C=O) groups is 1. The van der Waals surface area contributed by atoms with Crippen molar-refractivity contribution >= 4 is 15.8 Å². The average molecular weight is 416 g/mol. The van der Waals surface area contributed by atoms with Gasteiger partial charge in [0, 0.05) is 24.6 Å². The van der Waals surface area contributed by atoms with Crippen LogP contribution in [0.25, 0.3) is 0 Å². The molecular weight excluding hydrogens is 386 g/mol. The molecule has 0 saturated carbocycles. The number of sulfonamides is 1. The summed E-state index contributed by atoms with van der Waals surface area (Å²) in [6.07, 6.45) is 1.06. The first kappa shape index (κ1) is 21.5. The van der Waals surface area contributed by atoms with Crippen LogP contribution >= 0.6 is 0 Å². The molecule has 2 aromatic rings. The molecule has 0 aliphatic carbocycles. The number of Topliss-reactive ketones (excluding diaryl/α,β-unsaturated/α-hetero) is 1. The summed E-state index contributed by atoms with van der Waals surface area (Å²) in [5, 5.41) is 0. The molecule has 29 heavy (non-hydrogen) atoms. The van der Waals surface area contributed by atoms with Crippen molar-refractivity contribution in [1.82, 2.24) is 4.31 Å². The molecule has 3 rings (SSSR count). The van der Waals surface area contributed by atoms with Gasteiger partial charge in [-0.05, 0) is 60.2 Å². The van der Waals surface area contributed by atoms with E-state index in [1.165, 1.54) is 4.31 Å². The zero-order chi connectivity index (χ0) is 21.2. The SMILES string of the molecule is COc1ccc(C(=O)C2CCN(S(=O)(=O)c3ccc(C(C)(C)C)cc3)CC2)cc1. The van der Waals surface area contributed by atoms with Crippen LogP contribution in [0.5, 0.6) is 5.75 Å². The quantitative estimate of drug-likeness (QED) is 0.684. The van der Waals surface area contributed by atoms with Crippen molar-refractivity contribution in [3.8, 4) is 5.75 Å². The van der Waals surface area contributed by atoms with E-state index in [2.05, 4.69) is 20.8 Å². The van der Waals surface area contributed by atoms with Gasteiger partial charge in [-0.15, -0.1) is 0 Å². The number of piperidine rings is 1. The van der Waals surface area contributed by atoms with Crippen molar-refractivity contribution in [1.29, 1.82) is 0 Å². The molecule has 0 N–H and O–H groups in total. The minimum Gasteiger partial charge on any atom is -0.497 e. The zero-order valence-electron chi connectivity index (χ0n) is 17.5. The Bertz CT molecular complexity index is 949. The lowest BCUT2D eigenvalue weighted by Crippen LogP contribution is -2.40. The minimum absolute atomic E-state index is 0.0253. The van der Waals surface area contributed by atoms with Crippen LogP contribution < -0.4 is 4.74 Å². The summed E-state index contributed by atoms with van der Waals surface area (Å²) >= 11 is 0. The van der Waals surface area contributed by atoms with Gasteiger partial charge >= 0.3 is 0 Å². The van der Waals surface area contributed by atoms with Crippen molar-refractivity contribution in [3.63, 3.8) is 0 Å². The van der Waals surface area contributed by atoms with Gasteiger partial charge in [-0.2, -0.15) is 4.31 Å². The summed E-state index contributed by atoms with van der Waals surface area (Å²) < 4.78 is 32.6. The van der Waals surface area contributed by atoms with E-state index in [1.807, 2.05) is 12.1 Å². The smallest absolute Gasteiger partial charge is 0.243 e. The first-order valence-electron chi connectivity index (χ1n) is 9.92. The molecule has 1 saturated heterocycles. The van der Waals surface area contributed by atoms with Crippen LogP contribution in [0.3, 0.4) is 0 Å². The topological polar surface area (TPSA) is 63.7 Å². The number of hydrogen-bond donors (Lipinski definition) is 0. The Hall–Kier alpha value is -2.18. The number of carbonyl (C=O) groups excluding carboxylic acids is 1. The number of ether oxygens (including phenoxy) is 1. The van der Waals surface area contributed by atoms with Crippen LogP contribution in [0, 0.1) is 5.92 Å². The fraction of sp³-hybridized carbons (Fsp3) is 0.435. The van der Waals surface area contributed by atoms with Gasteiger partial charge in [0.1, 0.15) is 5.75 Å². The van der Waals surface area contributed by atoms with Gasteiger partial charge in [0.25, 0.3) is 0 Å². The lowest BCUT2D eigenvalue weighted by atomic mass is 9.87. The van der Waals surface area contributed by atoms with Crippen molar-refractivity contribution in [2.45, 2.75) is 43.9 Å². The highest BCUT2D eigenvalue weighted by Crippen LogP contribution is 2.28. The maximum atomic E-state index is 13.0. The summed E-state index contributed by atoms with van der Waals surface area (Å²) in [6, 6.07) is 14.2. The number of nitrogens with zero attached hydrogens (tertiary/aromatic N) is 1. The van der Waals surface area contributed by atoms with E-state index in [-0.39, 0.29) is 17.1 Å². The van der Waals surface area contributed by atoms with Crippen LogP contribution in [0.2, 0.25) is 0 Å². The fourth-order valence-corrected chi connectivity index (χ4v) is 5.10. The molecule has 156 valence electrons. The van der Waals surface area contributed by atoms with Gasteiger partial charge in [0.2, 0.25) is 10.0 Å². The molecule has 0 aromatic heterocycles. The van der Waals surface area contributed by atoms with Crippen molar-refractivity contribution in [3.05, 3.63) is 59.7 Å². The lowest BCUT2D eigenvalue weighted by molar-refractivity contribution is 0.0875. The summed E-state index contributed by atoms with van der Waals surface area (Å²) in [4.78, 5) is 13.1. The van der Waals surface area contributed by atoms with Gasteiger partial charge in [0.05, 0.1) is 12.0 Å². The van der Waals surface area contributed by atoms with Crippen LogP contribution in [0.15, 0.2) is 53.4 Å². The third-order valence-electron chi connectivity index (χ3n) is 5.56. The third-order valence-corrected chi connectivity index (χ3v) is 7.47. The molecule has 1 heterocycles. The van der Waals surface area contributed by atoms with Crippen LogP contribution in [-0.2, 0) is 15.4 Å². The molecule has 0 spiro atoms. The van der Waals surface area contributed by atoms with Gasteiger partial charge in [-0.3, -0.25) is 4.79 Å². The number of rotatable bonds is 5. The highest BCUT2D eigenvalue weighted by Gasteiger charge is 2.32. The Labute approximate surface area is 173 Å². The second kappa shape index (κ2) is 8.28. The highest BCUT2D eigenvalue weighted by atomic mass is 32.2. The first-order chi connectivity index (χ1) is 13.6. The average Bonchev–Trinajstić information content (AvgIpc) is 2.73. The largest absolute Gasteiger partial charge is 0.497 e. The standard InChI is InChI=1S/C23H29NO4S/c1-23(2,3)19-7-11-21(12-8-19)29(26,27)24-15-13-18(14-16-24)22(25)17-5-9-20(28-4)10-6-17/h5-12,18H,13-16H2,1-4H3. The number of benzene rings is 2. The lowest BCUT2D eigenvalue weighted by Gasteiger charge is -2.30. The van der Waals surface area contributed by atoms with E-state index in [9.17, 15) is 13.2 Å². The van der Waals surface area contributed by atoms with E-state index in [0.29, 0.717) is 42.1 Å². The maximum absolute atomic E-state index is 13.0. The maximum Gasteiger partial charge on any atom is 0.243 e. The van der Waals surface area contributed by atoms with E-state index in [1.54, 1.807) is 43.5 Å². The van der Waals surface area contributed by atoms with Crippen LogP contribution in [0.1, 0.15) is 49.5 Å². The molecule has 1 aliphatic heterocycles. The predicted octanol–water partition coefficient (Wildman–Crippen LogP) is 4.28. The Balaban J connectivity index is 1.66. The molecule has 5 nitrogen and oxygen atoms in total. The van der Waals surface area contributed by atoms with Crippen molar-refractivity contribution < 1.29 is 17.9 Å². The predicted molar refractivity (Wildman–Crippen MR) is 114 cm³/mol. The molecule has 0 atom stereocenters. The molecule has 6 heteroatoms. The molecule has 0 radical (unpaired) electrons. The van der Waals surface area contributed by atoms with E-state index < -0.39 is 10.0 Å². The van der Waals surface area contributed by atoms with Gasteiger partial charge < -0.3 is 4.74 Å². The zero-order valence-corrected chi connectivity index (χ0v) is 18.3. The fourth-order valence-electron chi connectivity index (χ4n) is 3.63. The van der Waals surface area contributed by atoms with Gasteiger partial charge in [0.15, 0.2) is 5.78 Å². The Morgan fingerprint density at radius 3 is 2.00 bits per heavy atom. The summed E-state index contributed by atoms with van der Waals surface area (Å²) in [6.45, 7) is 7.01. The van der Waals surface area contributed by atoms with Crippen molar-refractivity contribution in [2.24, 2.45) is 5.92 Å². The third kappa shape index (κ3) is 4.70. The summed E-state index contributed by atoms with van der Waals surface area (Å²) in [7, 11) is -1.95. The Morgan fingerprint density at radius 1 is 0.966 bits per heavy atom. The summed E-state index contributed by atoms with van der Waals surface area (Å²) in [5.74, 6) is 0.622. The second-order valence-electron chi connectivity index (χ2n) is 8.55. The molecule has 2 aromatic carbocycles. The van der Waals surface area contributed by atoms with Crippen LogP contribution in [-0.4, -0.2) is 38.7 Å². The number of ketones is 1. The Morgan fingerprint density at radius 2 is 1.52 bits per heavy atom. The summed E-state index contributed by atoms with van der Waals surface area (Å²) in [5.41, 5.74) is 1.72. The second-order valence-corrected chi connectivity index (χ2v) is 10.5. The number of methoxy groups -OCH3 is 1. The van der Waals surface area contributed by atoms with E-state index in [0.717, 1.165) is 5.56 Å². The van der Waals surface area contributed by atoms with E-state index >= 15 is 0 Å². The number of hydrogen-bond acceptors (Lipinski definition) is 4. The molecule has 1 aliphatic rings. The molecular formula is C23H29NO4S. The monoisotopic (exact) mass is 415 g/mol. The molecule has 0 amide bonds. The first-order valence-corrected chi connectivity index (χ1v) is 11.4. The van der Waals surface area contributed by atoms with Gasteiger partial charge in [-0.25, -0.2) is 8.42 Å². The molecule has 0 bridgehead atoms. The molecule has 0 unspecified atom stereocenters. The molecule has 1 fully saturated rings. The van der Waals surface area contributed by atoms with Gasteiger partial charge in [-0.1, -0.05) is 32.9 Å². The minimum atomic E-state index is -3.54. The van der Waals surface area contributed by atoms with Crippen LogP contribution in [0.4, 0.5) is 0 Å². The highest BCUT2D eigenvalue weighted by molar-refractivity contribution is 7.89. The van der Waals surface area contributed by atoms with Crippen molar-refractivity contribution in [2.75, 3.05) is 20.2 Å². The Kier molecular flexibility index (Phi) is 6.15.